The van der Waals surface area contributed by atoms with Crippen LogP contribution in [0.4, 0.5) is 0 Å². The Hall–Kier alpha value is -0.610. The van der Waals surface area contributed by atoms with Crippen LogP contribution in [0.25, 0.3) is 0 Å². The molecule has 110 valence electrons. The van der Waals surface area contributed by atoms with Gasteiger partial charge in [-0.2, -0.15) is 0 Å². The van der Waals surface area contributed by atoms with Crippen molar-refractivity contribution in [2.45, 2.75) is 63.6 Å². The Bertz CT molecular complexity index is 323. The zero-order chi connectivity index (χ0) is 14.0. The minimum Gasteiger partial charge on any atom is -0.338 e. The van der Waals surface area contributed by atoms with Crippen molar-refractivity contribution in [1.29, 1.82) is 0 Å². The highest BCUT2D eigenvalue weighted by atomic mass is 16.2. The molecule has 4 heteroatoms. The van der Waals surface area contributed by atoms with E-state index >= 15 is 0 Å². The molecule has 1 amide bonds. The first kappa shape index (κ1) is 14.8. The maximum absolute atomic E-state index is 12.6. The summed E-state index contributed by atoms with van der Waals surface area (Å²) in [4.78, 5) is 17.1. The predicted molar refractivity (Wildman–Crippen MR) is 78.1 cm³/mol. The molecule has 1 saturated carbocycles. The Morgan fingerprint density at radius 2 is 1.89 bits per heavy atom. The molecule has 0 spiro atoms. The van der Waals surface area contributed by atoms with Crippen LogP contribution in [0.3, 0.4) is 0 Å². The summed E-state index contributed by atoms with van der Waals surface area (Å²) in [6, 6.07) is 0.621. The Kier molecular flexibility index (Phi) is 4.51. The molecule has 4 nitrogen and oxygen atoms in total. The molecule has 19 heavy (non-hydrogen) atoms. The Morgan fingerprint density at radius 3 is 2.47 bits per heavy atom. The summed E-state index contributed by atoms with van der Waals surface area (Å²) < 4.78 is 0. The number of carbonyl (C=O) groups excluding carboxylic acids is 1. The van der Waals surface area contributed by atoms with Crippen LogP contribution in [0.15, 0.2) is 0 Å². The van der Waals surface area contributed by atoms with Gasteiger partial charge < -0.3 is 10.2 Å². The van der Waals surface area contributed by atoms with E-state index in [9.17, 15) is 4.79 Å². The van der Waals surface area contributed by atoms with Gasteiger partial charge in [-0.1, -0.05) is 19.3 Å². The summed E-state index contributed by atoms with van der Waals surface area (Å²) in [5, 5.41) is 3.20. The van der Waals surface area contributed by atoms with Gasteiger partial charge in [-0.15, -0.1) is 0 Å². The molecule has 1 N–H and O–H groups in total. The van der Waals surface area contributed by atoms with E-state index in [1.807, 2.05) is 19.0 Å². The molecule has 0 radical (unpaired) electrons. The van der Waals surface area contributed by atoms with E-state index in [4.69, 9.17) is 0 Å². The highest BCUT2D eigenvalue weighted by molar-refractivity contribution is 5.83. The molecule has 1 heterocycles. The molecular weight excluding hydrogens is 238 g/mol. The van der Waals surface area contributed by atoms with E-state index in [0.717, 1.165) is 13.1 Å². The van der Waals surface area contributed by atoms with Crippen LogP contribution in [-0.4, -0.2) is 60.5 Å². The van der Waals surface area contributed by atoms with E-state index in [0.29, 0.717) is 6.04 Å². The fraction of sp³-hybridized carbons (Fsp3) is 0.933. The third kappa shape index (κ3) is 2.95. The average molecular weight is 267 g/mol. The fourth-order valence-corrected chi connectivity index (χ4v) is 3.52. The van der Waals surface area contributed by atoms with Crippen molar-refractivity contribution < 1.29 is 4.79 Å². The van der Waals surface area contributed by atoms with Crippen LogP contribution in [0.5, 0.6) is 0 Å². The molecule has 1 saturated heterocycles. The molecule has 2 fully saturated rings. The van der Waals surface area contributed by atoms with Gasteiger partial charge in [-0.3, -0.25) is 9.69 Å². The molecule has 2 rings (SSSR count). The lowest BCUT2D eigenvalue weighted by atomic mass is 9.88. The molecule has 1 aliphatic heterocycles. The van der Waals surface area contributed by atoms with Crippen molar-refractivity contribution in [2.75, 3.05) is 27.2 Å². The molecular formula is C15H29N3O. The molecule has 0 aromatic rings. The number of hydrogen-bond acceptors (Lipinski definition) is 3. The zero-order valence-electron chi connectivity index (χ0n) is 12.9. The van der Waals surface area contributed by atoms with Crippen molar-refractivity contribution in [2.24, 2.45) is 0 Å². The maximum Gasteiger partial charge on any atom is 0.241 e. The van der Waals surface area contributed by atoms with Crippen molar-refractivity contribution in [3.05, 3.63) is 0 Å². The van der Waals surface area contributed by atoms with Crippen LogP contribution >= 0.6 is 0 Å². The number of piperazine rings is 1. The molecule has 1 unspecified atom stereocenters. The molecule has 2 aliphatic rings. The minimum atomic E-state index is -0.0568. The first-order chi connectivity index (χ1) is 8.97. The van der Waals surface area contributed by atoms with E-state index in [-0.39, 0.29) is 17.5 Å². The summed E-state index contributed by atoms with van der Waals surface area (Å²) in [7, 11) is 3.88. The van der Waals surface area contributed by atoms with E-state index in [1.54, 1.807) is 0 Å². The van der Waals surface area contributed by atoms with E-state index in [1.165, 1.54) is 32.1 Å². The Labute approximate surface area is 117 Å². The second-order valence-electron chi connectivity index (χ2n) is 6.75. The Balaban J connectivity index is 2.18. The lowest BCUT2D eigenvalue weighted by Crippen LogP contribution is -2.68. The first-order valence-electron chi connectivity index (χ1n) is 7.65. The summed E-state index contributed by atoms with van der Waals surface area (Å²) in [5.74, 6) is 0.274. The third-order valence-corrected chi connectivity index (χ3v) is 4.93. The normalized spacial score (nSPS) is 29.8. The van der Waals surface area contributed by atoms with Crippen molar-refractivity contribution in [1.82, 2.24) is 15.1 Å². The third-order valence-electron chi connectivity index (χ3n) is 4.93. The second-order valence-corrected chi connectivity index (χ2v) is 6.75. The second kappa shape index (κ2) is 5.80. The number of rotatable bonds is 3. The Morgan fingerprint density at radius 1 is 1.26 bits per heavy atom. The number of hydrogen-bond donors (Lipinski definition) is 1. The lowest BCUT2D eigenvalue weighted by Gasteiger charge is -2.52. The van der Waals surface area contributed by atoms with Crippen LogP contribution in [0.1, 0.15) is 46.0 Å². The number of amides is 1. The average Bonchev–Trinajstić information content (AvgIpc) is 2.40. The first-order valence-corrected chi connectivity index (χ1v) is 7.65. The van der Waals surface area contributed by atoms with E-state index < -0.39 is 0 Å². The highest BCUT2D eigenvalue weighted by Crippen LogP contribution is 2.31. The molecule has 0 aromatic carbocycles. The standard InChI is InChI=1S/C15H29N3O/c1-15(2)11-18(12-8-6-5-7-9-12)13(10-16-3)14(19)17(15)4/h12-13,16H,5-11H2,1-4H3. The molecule has 0 bridgehead atoms. The van der Waals surface area contributed by atoms with Crippen LogP contribution in [0.2, 0.25) is 0 Å². The minimum absolute atomic E-state index is 0.0196. The van der Waals surface area contributed by atoms with Crippen molar-refractivity contribution in [3.63, 3.8) is 0 Å². The quantitative estimate of drug-likeness (QED) is 0.841. The van der Waals surface area contributed by atoms with Gasteiger partial charge in [0.25, 0.3) is 0 Å². The molecule has 0 aromatic heterocycles. The van der Waals surface area contributed by atoms with Crippen LogP contribution in [-0.2, 0) is 4.79 Å². The summed E-state index contributed by atoms with van der Waals surface area (Å²) in [6.07, 6.45) is 6.51. The predicted octanol–water partition coefficient (Wildman–Crippen LogP) is 1.46. The zero-order valence-corrected chi connectivity index (χ0v) is 12.9. The summed E-state index contributed by atoms with van der Waals surface area (Å²) in [6.45, 7) is 6.11. The maximum atomic E-state index is 12.6. The van der Waals surface area contributed by atoms with Crippen molar-refractivity contribution >= 4 is 5.91 Å². The van der Waals surface area contributed by atoms with Gasteiger partial charge in [-0.05, 0) is 33.7 Å². The summed E-state index contributed by atoms with van der Waals surface area (Å²) in [5.41, 5.74) is -0.0568. The topological polar surface area (TPSA) is 35.6 Å². The number of nitrogens with zero attached hydrogens (tertiary/aromatic N) is 2. The number of carbonyl (C=O) groups is 1. The van der Waals surface area contributed by atoms with Gasteiger partial charge >= 0.3 is 0 Å². The van der Waals surface area contributed by atoms with Gasteiger partial charge in [0.2, 0.25) is 5.91 Å². The van der Waals surface area contributed by atoms with Gasteiger partial charge in [-0.25, -0.2) is 0 Å². The monoisotopic (exact) mass is 267 g/mol. The summed E-state index contributed by atoms with van der Waals surface area (Å²) >= 11 is 0. The largest absolute Gasteiger partial charge is 0.338 e. The van der Waals surface area contributed by atoms with Gasteiger partial charge in [0.1, 0.15) is 6.04 Å². The van der Waals surface area contributed by atoms with Gasteiger partial charge in [0, 0.05) is 31.7 Å². The van der Waals surface area contributed by atoms with Crippen LogP contribution in [0, 0.1) is 0 Å². The number of nitrogens with one attached hydrogen (secondary N) is 1. The smallest absolute Gasteiger partial charge is 0.241 e. The van der Waals surface area contributed by atoms with E-state index in [2.05, 4.69) is 24.1 Å². The number of likely N-dealkylation sites (N-methyl/N-ethyl adjacent to an activating group) is 2. The lowest BCUT2D eigenvalue weighted by molar-refractivity contribution is -0.151. The van der Waals surface area contributed by atoms with Gasteiger partial charge in [0.05, 0.1) is 0 Å². The van der Waals surface area contributed by atoms with Crippen molar-refractivity contribution in [3.8, 4) is 0 Å². The highest BCUT2D eigenvalue weighted by Gasteiger charge is 2.44. The van der Waals surface area contributed by atoms with Crippen LogP contribution < -0.4 is 5.32 Å². The molecule has 1 atom stereocenters. The molecule has 1 aliphatic carbocycles. The fourth-order valence-electron chi connectivity index (χ4n) is 3.52. The van der Waals surface area contributed by atoms with Gasteiger partial charge in [0.15, 0.2) is 0 Å². The SMILES string of the molecule is CNCC1C(=O)N(C)C(C)(C)CN1C1CCCCC1.